The molecule has 0 fully saturated rings. The maximum absolute atomic E-state index is 2.46. The molecule has 0 aliphatic carbocycles. The van der Waals surface area contributed by atoms with E-state index in [9.17, 15) is 0 Å². The van der Waals surface area contributed by atoms with Crippen LogP contribution in [0.3, 0.4) is 0 Å². The van der Waals surface area contributed by atoms with Gasteiger partial charge in [0.2, 0.25) is 0 Å². The molecule has 0 radical (unpaired) electrons. The number of rotatable bonds is 11. The van der Waals surface area contributed by atoms with E-state index in [0.29, 0.717) is 0 Å². The Hall–Kier alpha value is -1.13. The predicted octanol–water partition coefficient (Wildman–Crippen LogP) is 6.96. The Morgan fingerprint density at radius 2 is 1.30 bits per heavy atom. The maximum atomic E-state index is 2.46. The van der Waals surface area contributed by atoms with Crippen molar-refractivity contribution in [1.82, 2.24) is 0 Å². The Labute approximate surface area is 170 Å². The van der Waals surface area contributed by atoms with Gasteiger partial charge in [0.1, 0.15) is 0 Å². The first-order valence-corrected chi connectivity index (χ1v) is 12.1. The molecule has 2 aromatic rings. The summed E-state index contributed by atoms with van der Waals surface area (Å²) in [6.07, 6.45) is 11.5. The average molecular weight is 383 g/mol. The minimum absolute atomic E-state index is 0.782. The molecule has 0 heterocycles. The van der Waals surface area contributed by atoms with Gasteiger partial charge in [-0.15, -0.1) is 0 Å². The first-order chi connectivity index (χ1) is 13.1. The van der Waals surface area contributed by atoms with Crippen molar-refractivity contribution in [2.45, 2.75) is 92.4 Å². The molecule has 1 unspecified atom stereocenters. The fourth-order valence-corrected chi connectivity index (χ4v) is 5.24. The van der Waals surface area contributed by atoms with E-state index in [0.717, 1.165) is 8.58 Å². The summed E-state index contributed by atoms with van der Waals surface area (Å²) < 4.78 is 0. The second-order valence-electron chi connectivity index (χ2n) is 7.91. The fourth-order valence-electron chi connectivity index (χ4n) is 3.80. The van der Waals surface area contributed by atoms with Crippen molar-refractivity contribution in [3.63, 3.8) is 0 Å². The van der Waals surface area contributed by atoms with Crippen LogP contribution in [-0.2, 0) is 19.3 Å². The van der Waals surface area contributed by atoms with Gasteiger partial charge in [-0.1, -0.05) is 78.9 Å². The first kappa shape index (κ1) is 22.2. The highest BCUT2D eigenvalue weighted by Gasteiger charge is 2.14. The van der Waals surface area contributed by atoms with E-state index in [1.165, 1.54) is 74.2 Å². The SMILES string of the molecule is CCCCc1ccc(Pc2cccc(C)c2C)c(CCCC)c1CCCC. The molecule has 148 valence electrons. The van der Waals surface area contributed by atoms with E-state index in [2.05, 4.69) is 65.0 Å². The van der Waals surface area contributed by atoms with E-state index in [1.807, 2.05) is 0 Å². The standard InChI is InChI=1S/C26H39P/c1-6-9-14-22-18-19-26(27-25-17-12-13-20(4)21(25)5)24(16-11-8-3)23(22)15-10-7-2/h12-13,17-19,27H,6-11,14-16H2,1-5H3. The quantitative estimate of drug-likeness (QED) is 0.368. The lowest BCUT2D eigenvalue weighted by molar-refractivity contribution is 0.737. The predicted molar refractivity (Wildman–Crippen MR) is 126 cm³/mol. The van der Waals surface area contributed by atoms with Gasteiger partial charge in [-0.25, -0.2) is 0 Å². The van der Waals surface area contributed by atoms with Crippen LogP contribution in [0.15, 0.2) is 30.3 Å². The summed E-state index contributed by atoms with van der Waals surface area (Å²) in [5.41, 5.74) is 7.92. The summed E-state index contributed by atoms with van der Waals surface area (Å²) in [6.45, 7) is 11.5. The van der Waals surface area contributed by atoms with Crippen molar-refractivity contribution in [2.75, 3.05) is 0 Å². The molecule has 1 atom stereocenters. The molecule has 0 spiro atoms. The van der Waals surface area contributed by atoms with Crippen LogP contribution in [0.1, 0.15) is 87.1 Å². The summed E-state index contributed by atoms with van der Waals surface area (Å²) in [5, 5.41) is 3.12. The summed E-state index contributed by atoms with van der Waals surface area (Å²) in [5.74, 6) is 0. The van der Waals surface area contributed by atoms with Crippen LogP contribution in [0.5, 0.6) is 0 Å². The number of benzene rings is 2. The number of hydrogen-bond donors (Lipinski definition) is 0. The van der Waals surface area contributed by atoms with Gasteiger partial charge in [0.05, 0.1) is 0 Å². The van der Waals surface area contributed by atoms with Crippen LogP contribution < -0.4 is 10.6 Å². The van der Waals surface area contributed by atoms with Gasteiger partial charge in [0, 0.05) is 0 Å². The minimum Gasteiger partial charge on any atom is -0.0654 e. The molecule has 27 heavy (non-hydrogen) atoms. The molecule has 0 saturated heterocycles. The third-order valence-electron chi connectivity index (χ3n) is 5.76. The minimum atomic E-state index is 0.782. The second-order valence-corrected chi connectivity index (χ2v) is 9.24. The molecule has 0 aliphatic rings. The molecule has 0 N–H and O–H groups in total. The normalized spacial score (nSPS) is 11.6. The Kier molecular flexibility index (Phi) is 9.57. The molecule has 0 aliphatic heterocycles. The smallest absolute Gasteiger partial charge is 0.0191 e. The zero-order valence-corrected chi connectivity index (χ0v) is 19.3. The molecule has 0 aromatic heterocycles. The molecule has 0 saturated carbocycles. The van der Waals surface area contributed by atoms with E-state index < -0.39 is 0 Å². The van der Waals surface area contributed by atoms with Gasteiger partial charge >= 0.3 is 0 Å². The molecule has 0 bridgehead atoms. The lowest BCUT2D eigenvalue weighted by Crippen LogP contribution is -2.16. The van der Waals surface area contributed by atoms with Gasteiger partial charge in [-0.2, -0.15) is 0 Å². The van der Waals surface area contributed by atoms with Crippen molar-refractivity contribution in [2.24, 2.45) is 0 Å². The highest BCUT2D eigenvalue weighted by Crippen LogP contribution is 2.26. The molecular formula is C26H39P. The topological polar surface area (TPSA) is 0 Å². The Bertz CT molecular complexity index is 714. The van der Waals surface area contributed by atoms with Crippen molar-refractivity contribution in [1.29, 1.82) is 0 Å². The molecular weight excluding hydrogens is 343 g/mol. The monoisotopic (exact) mass is 382 g/mol. The maximum Gasteiger partial charge on any atom is -0.0191 e. The number of unbranched alkanes of at least 4 members (excludes halogenated alkanes) is 3. The van der Waals surface area contributed by atoms with Gasteiger partial charge in [0.15, 0.2) is 0 Å². The fraction of sp³-hybridized carbons (Fsp3) is 0.538. The highest BCUT2D eigenvalue weighted by atomic mass is 31.1. The summed E-state index contributed by atoms with van der Waals surface area (Å²) in [4.78, 5) is 0. The van der Waals surface area contributed by atoms with E-state index in [4.69, 9.17) is 0 Å². The zero-order valence-electron chi connectivity index (χ0n) is 18.3. The summed E-state index contributed by atoms with van der Waals surface area (Å²) in [7, 11) is 0.782. The largest absolute Gasteiger partial charge is 0.0654 e. The Morgan fingerprint density at radius 1 is 0.667 bits per heavy atom. The van der Waals surface area contributed by atoms with E-state index in [-0.39, 0.29) is 0 Å². The lowest BCUT2D eigenvalue weighted by Gasteiger charge is -2.20. The van der Waals surface area contributed by atoms with E-state index in [1.54, 1.807) is 22.0 Å². The van der Waals surface area contributed by atoms with Crippen LogP contribution >= 0.6 is 8.58 Å². The van der Waals surface area contributed by atoms with E-state index >= 15 is 0 Å². The number of hydrogen-bond acceptors (Lipinski definition) is 0. The second kappa shape index (κ2) is 11.7. The van der Waals surface area contributed by atoms with Crippen LogP contribution in [0, 0.1) is 13.8 Å². The molecule has 2 rings (SSSR count). The van der Waals surface area contributed by atoms with Crippen LogP contribution in [-0.4, -0.2) is 0 Å². The molecule has 1 heteroatoms. The average Bonchev–Trinajstić information content (AvgIpc) is 2.67. The van der Waals surface area contributed by atoms with Gasteiger partial charge in [-0.05, 0) is 90.8 Å². The third kappa shape index (κ3) is 6.18. The highest BCUT2D eigenvalue weighted by molar-refractivity contribution is 7.55. The molecule has 0 nitrogen and oxygen atoms in total. The van der Waals surface area contributed by atoms with Crippen LogP contribution in [0.25, 0.3) is 0 Å². The summed E-state index contributed by atoms with van der Waals surface area (Å²) >= 11 is 0. The lowest BCUT2D eigenvalue weighted by atomic mass is 9.91. The van der Waals surface area contributed by atoms with Gasteiger partial charge in [-0.3, -0.25) is 0 Å². The van der Waals surface area contributed by atoms with Crippen molar-refractivity contribution >= 4 is 19.2 Å². The molecule has 0 amide bonds. The van der Waals surface area contributed by atoms with Crippen molar-refractivity contribution in [3.05, 3.63) is 58.1 Å². The van der Waals surface area contributed by atoms with Gasteiger partial charge < -0.3 is 0 Å². The number of aryl methyl sites for hydroxylation is 2. The van der Waals surface area contributed by atoms with Crippen molar-refractivity contribution < 1.29 is 0 Å². The van der Waals surface area contributed by atoms with Crippen LogP contribution in [0.2, 0.25) is 0 Å². The van der Waals surface area contributed by atoms with Crippen molar-refractivity contribution in [3.8, 4) is 0 Å². The molecule has 2 aromatic carbocycles. The van der Waals surface area contributed by atoms with Crippen LogP contribution in [0.4, 0.5) is 0 Å². The summed E-state index contributed by atoms with van der Waals surface area (Å²) in [6, 6.07) is 11.7. The first-order valence-electron chi connectivity index (χ1n) is 11.1. The Balaban J connectivity index is 2.46. The van der Waals surface area contributed by atoms with Gasteiger partial charge in [0.25, 0.3) is 0 Å². The zero-order chi connectivity index (χ0) is 19.6. The Morgan fingerprint density at radius 3 is 1.96 bits per heavy atom. The third-order valence-corrected chi connectivity index (χ3v) is 7.31.